The molecule has 0 bridgehead atoms. The van der Waals surface area contributed by atoms with E-state index in [-0.39, 0.29) is 4.75 Å². The molecule has 0 radical (unpaired) electrons. The summed E-state index contributed by atoms with van der Waals surface area (Å²) in [7, 11) is 0. The average molecular weight is 275 g/mol. The van der Waals surface area contributed by atoms with E-state index in [0.29, 0.717) is 5.91 Å². The zero-order valence-corrected chi connectivity index (χ0v) is 12.1. The molecule has 1 saturated carbocycles. The van der Waals surface area contributed by atoms with Crippen LogP contribution in [0.2, 0.25) is 0 Å². The monoisotopic (exact) mass is 275 g/mol. The van der Waals surface area contributed by atoms with Crippen LogP contribution >= 0.6 is 11.8 Å². The minimum absolute atomic E-state index is 0.175. The highest BCUT2D eigenvalue weighted by atomic mass is 32.2. The number of hydrogen-bond acceptors (Lipinski definition) is 2. The molecule has 1 aromatic carbocycles. The summed E-state index contributed by atoms with van der Waals surface area (Å²) in [6.45, 7) is 1.94. The van der Waals surface area contributed by atoms with Gasteiger partial charge in [0.2, 0.25) is 5.91 Å². The summed E-state index contributed by atoms with van der Waals surface area (Å²) in [4.78, 5) is 16.2. The molecule has 102 valence electrons. The van der Waals surface area contributed by atoms with Crippen molar-refractivity contribution in [3.05, 3.63) is 30.3 Å². The lowest BCUT2D eigenvalue weighted by molar-refractivity contribution is -0.132. The molecule has 2 fully saturated rings. The minimum Gasteiger partial charge on any atom is -0.341 e. The smallest absolute Gasteiger partial charge is 0.239 e. The molecule has 1 saturated heterocycles. The van der Waals surface area contributed by atoms with Gasteiger partial charge < -0.3 is 4.90 Å². The maximum Gasteiger partial charge on any atom is 0.239 e. The molecular formula is C16H21NOS. The van der Waals surface area contributed by atoms with Gasteiger partial charge in [-0.2, -0.15) is 0 Å². The van der Waals surface area contributed by atoms with Crippen LogP contribution < -0.4 is 0 Å². The predicted octanol–water partition coefficient (Wildman–Crippen LogP) is 3.71. The molecule has 0 N–H and O–H groups in total. The minimum atomic E-state index is -0.175. The molecule has 1 amide bonds. The number of nitrogens with zero attached hydrogens (tertiary/aromatic N) is 1. The zero-order chi connectivity index (χ0) is 13.1. The van der Waals surface area contributed by atoms with E-state index in [1.165, 1.54) is 30.6 Å². The molecule has 2 nitrogen and oxygen atoms in total. The Balaban J connectivity index is 1.80. The van der Waals surface area contributed by atoms with E-state index in [1.807, 2.05) is 6.07 Å². The number of rotatable bonds is 3. The van der Waals surface area contributed by atoms with Crippen molar-refractivity contribution in [2.24, 2.45) is 0 Å². The van der Waals surface area contributed by atoms with E-state index in [2.05, 4.69) is 29.2 Å². The van der Waals surface area contributed by atoms with Crippen LogP contribution in [-0.4, -0.2) is 28.6 Å². The molecule has 0 aromatic heterocycles. The first kappa shape index (κ1) is 13.0. The van der Waals surface area contributed by atoms with Gasteiger partial charge >= 0.3 is 0 Å². The van der Waals surface area contributed by atoms with Gasteiger partial charge in [-0.1, -0.05) is 31.0 Å². The number of hydrogen-bond donors (Lipinski definition) is 0. The summed E-state index contributed by atoms with van der Waals surface area (Å²) in [5, 5.41) is 0. The van der Waals surface area contributed by atoms with Crippen LogP contribution in [0, 0.1) is 0 Å². The fourth-order valence-corrected chi connectivity index (χ4v) is 4.68. The van der Waals surface area contributed by atoms with Gasteiger partial charge in [0, 0.05) is 18.0 Å². The lowest BCUT2D eigenvalue weighted by Gasteiger charge is -2.31. The van der Waals surface area contributed by atoms with Crippen LogP contribution in [0.25, 0.3) is 0 Å². The first-order chi connectivity index (χ1) is 9.30. The highest BCUT2D eigenvalue weighted by molar-refractivity contribution is 8.01. The topological polar surface area (TPSA) is 20.3 Å². The lowest BCUT2D eigenvalue weighted by atomic mass is 10.1. The molecule has 1 aliphatic carbocycles. The molecule has 1 heterocycles. The predicted molar refractivity (Wildman–Crippen MR) is 79.3 cm³/mol. The Labute approximate surface area is 119 Å². The summed E-state index contributed by atoms with van der Waals surface area (Å²) < 4.78 is -0.175. The van der Waals surface area contributed by atoms with Crippen molar-refractivity contribution < 1.29 is 4.79 Å². The summed E-state index contributed by atoms with van der Waals surface area (Å²) in [5.74, 6) is 0.399. The van der Waals surface area contributed by atoms with Crippen LogP contribution in [0.4, 0.5) is 0 Å². The molecule has 2 aliphatic rings. The molecular weight excluding hydrogens is 254 g/mol. The molecule has 0 atom stereocenters. The second-order valence-corrected chi connectivity index (χ2v) is 7.07. The van der Waals surface area contributed by atoms with Gasteiger partial charge in [0.25, 0.3) is 0 Å². The molecule has 0 spiro atoms. The second-order valence-electron chi connectivity index (χ2n) is 5.62. The first-order valence-electron chi connectivity index (χ1n) is 7.34. The quantitative estimate of drug-likeness (QED) is 0.838. The van der Waals surface area contributed by atoms with Gasteiger partial charge in [-0.25, -0.2) is 0 Å². The normalized spacial score (nSPS) is 21.8. The summed E-state index contributed by atoms with van der Waals surface area (Å²) >= 11 is 1.80. The molecule has 3 heteroatoms. The van der Waals surface area contributed by atoms with Crippen molar-refractivity contribution in [3.63, 3.8) is 0 Å². The number of thioether (sulfide) groups is 1. The number of benzene rings is 1. The summed E-state index contributed by atoms with van der Waals surface area (Å²) in [6, 6.07) is 10.4. The number of amides is 1. The number of carbonyl (C=O) groups is 1. The third-order valence-corrected chi connectivity index (χ3v) is 5.73. The van der Waals surface area contributed by atoms with E-state index >= 15 is 0 Å². The highest BCUT2D eigenvalue weighted by Crippen LogP contribution is 2.46. The maximum absolute atomic E-state index is 12.9. The number of carbonyl (C=O) groups excluding carboxylic acids is 1. The zero-order valence-electron chi connectivity index (χ0n) is 11.3. The van der Waals surface area contributed by atoms with Crippen molar-refractivity contribution in [1.29, 1.82) is 0 Å². The van der Waals surface area contributed by atoms with Crippen LogP contribution in [0.1, 0.15) is 38.5 Å². The van der Waals surface area contributed by atoms with E-state index < -0.39 is 0 Å². The first-order valence-corrected chi connectivity index (χ1v) is 8.15. The Hall–Kier alpha value is -0.960. The van der Waals surface area contributed by atoms with Gasteiger partial charge in [-0.3, -0.25) is 4.79 Å². The van der Waals surface area contributed by atoms with Crippen LogP contribution in [-0.2, 0) is 4.79 Å². The Bertz CT molecular complexity index is 433. The summed E-state index contributed by atoms with van der Waals surface area (Å²) in [6.07, 6.45) is 6.83. The average Bonchev–Trinajstić information content (AvgIpc) is 3.11. The SMILES string of the molecule is O=C(N1CCCC1)C1(Sc2ccccc2)CCCC1. The van der Waals surface area contributed by atoms with E-state index in [1.54, 1.807) is 11.8 Å². The van der Waals surface area contributed by atoms with Crippen molar-refractivity contribution in [1.82, 2.24) is 4.90 Å². The Morgan fingerprint density at radius 3 is 2.26 bits per heavy atom. The van der Waals surface area contributed by atoms with E-state index in [9.17, 15) is 4.79 Å². The van der Waals surface area contributed by atoms with Crippen molar-refractivity contribution >= 4 is 17.7 Å². The van der Waals surface area contributed by atoms with Gasteiger partial charge in [-0.05, 0) is 37.8 Å². The van der Waals surface area contributed by atoms with Gasteiger partial charge in [0.05, 0.1) is 4.75 Å². The third-order valence-electron chi connectivity index (χ3n) is 4.25. The molecule has 19 heavy (non-hydrogen) atoms. The van der Waals surface area contributed by atoms with E-state index in [0.717, 1.165) is 25.9 Å². The second kappa shape index (κ2) is 5.58. The molecule has 3 rings (SSSR count). The fourth-order valence-electron chi connectivity index (χ4n) is 3.23. The third kappa shape index (κ3) is 2.66. The van der Waals surface area contributed by atoms with Crippen molar-refractivity contribution in [2.75, 3.05) is 13.1 Å². The van der Waals surface area contributed by atoms with Gasteiger partial charge in [0.1, 0.15) is 0 Å². The van der Waals surface area contributed by atoms with Crippen LogP contribution in [0.3, 0.4) is 0 Å². The van der Waals surface area contributed by atoms with Crippen molar-refractivity contribution in [2.45, 2.75) is 48.2 Å². The maximum atomic E-state index is 12.9. The standard InChI is InChI=1S/C16H21NOS/c18-15(17-12-6-7-13-17)16(10-4-5-11-16)19-14-8-2-1-3-9-14/h1-3,8-9H,4-7,10-13H2. The van der Waals surface area contributed by atoms with E-state index in [4.69, 9.17) is 0 Å². The van der Waals surface area contributed by atoms with Crippen LogP contribution in [0.15, 0.2) is 35.2 Å². The highest BCUT2D eigenvalue weighted by Gasteiger charge is 2.44. The Morgan fingerprint density at radius 2 is 1.63 bits per heavy atom. The summed E-state index contributed by atoms with van der Waals surface area (Å²) in [5.41, 5.74) is 0. The number of likely N-dealkylation sites (tertiary alicyclic amines) is 1. The Morgan fingerprint density at radius 1 is 1.00 bits per heavy atom. The largest absolute Gasteiger partial charge is 0.341 e. The van der Waals surface area contributed by atoms with Gasteiger partial charge in [0.15, 0.2) is 0 Å². The van der Waals surface area contributed by atoms with Crippen molar-refractivity contribution in [3.8, 4) is 0 Å². The van der Waals surface area contributed by atoms with Gasteiger partial charge in [-0.15, -0.1) is 11.8 Å². The lowest BCUT2D eigenvalue weighted by Crippen LogP contribution is -2.43. The van der Waals surface area contributed by atoms with Crippen LogP contribution in [0.5, 0.6) is 0 Å². The molecule has 0 unspecified atom stereocenters. The Kier molecular flexibility index (Phi) is 3.83. The fraction of sp³-hybridized carbons (Fsp3) is 0.562. The molecule has 1 aliphatic heterocycles. The molecule has 1 aromatic rings.